The minimum absolute atomic E-state index is 0.117. The van der Waals surface area contributed by atoms with Crippen LogP contribution in [-0.4, -0.2) is 56.7 Å². The first-order chi connectivity index (χ1) is 16.4. The number of amides is 1. The maximum Gasteiger partial charge on any atom is 0.256 e. The summed E-state index contributed by atoms with van der Waals surface area (Å²) in [4.78, 5) is 26.3. The van der Waals surface area contributed by atoms with Crippen molar-refractivity contribution in [3.8, 4) is 5.69 Å². The Bertz CT molecular complexity index is 1380. The first kappa shape index (κ1) is 22.0. The predicted molar refractivity (Wildman–Crippen MR) is 130 cm³/mol. The third-order valence-electron chi connectivity index (χ3n) is 6.29. The lowest BCUT2D eigenvalue weighted by Gasteiger charge is -2.23. The summed E-state index contributed by atoms with van der Waals surface area (Å²) < 4.78 is 16.0. The van der Waals surface area contributed by atoms with Gasteiger partial charge in [-0.1, -0.05) is 29.8 Å². The molecule has 34 heavy (non-hydrogen) atoms. The normalized spacial score (nSPS) is 14.5. The van der Waals surface area contributed by atoms with Crippen molar-refractivity contribution < 1.29 is 9.18 Å². The zero-order chi connectivity index (χ0) is 23.8. The van der Waals surface area contributed by atoms with Gasteiger partial charge in [-0.3, -0.25) is 4.79 Å². The quantitative estimate of drug-likeness (QED) is 0.460. The standard InChI is InChI=1S/C26H27FN6O/c1-17-9-10-23(18(2)15-17)33-25-21(16-28-33)24(29-19(3)30-25)31-11-6-12-32(14-13-31)26(34)20-7-4-5-8-22(20)27/h4-5,7-10,15-16H,6,11-14H2,1-3H3. The molecule has 0 aliphatic carbocycles. The van der Waals surface area contributed by atoms with E-state index in [1.165, 1.54) is 11.6 Å². The molecule has 4 aromatic rings. The van der Waals surface area contributed by atoms with Crippen LogP contribution in [-0.2, 0) is 0 Å². The highest BCUT2D eigenvalue weighted by Crippen LogP contribution is 2.28. The van der Waals surface area contributed by atoms with E-state index in [0.717, 1.165) is 41.1 Å². The van der Waals surface area contributed by atoms with Crippen LogP contribution in [0.15, 0.2) is 48.7 Å². The van der Waals surface area contributed by atoms with Gasteiger partial charge in [-0.05, 0) is 51.0 Å². The van der Waals surface area contributed by atoms with Crippen LogP contribution < -0.4 is 4.90 Å². The first-order valence-corrected chi connectivity index (χ1v) is 11.5. The summed E-state index contributed by atoms with van der Waals surface area (Å²) >= 11 is 0. The molecule has 7 nitrogen and oxygen atoms in total. The fourth-order valence-corrected chi connectivity index (χ4v) is 4.60. The van der Waals surface area contributed by atoms with E-state index in [2.05, 4.69) is 42.0 Å². The summed E-state index contributed by atoms with van der Waals surface area (Å²) in [6.07, 6.45) is 2.58. The Labute approximate surface area is 197 Å². The Morgan fingerprint density at radius 1 is 0.971 bits per heavy atom. The lowest BCUT2D eigenvalue weighted by Crippen LogP contribution is -2.36. The topological polar surface area (TPSA) is 67.2 Å². The average molecular weight is 459 g/mol. The van der Waals surface area contributed by atoms with Crippen LogP contribution in [0.1, 0.15) is 33.7 Å². The fraction of sp³-hybridized carbons (Fsp3) is 0.308. The van der Waals surface area contributed by atoms with E-state index in [9.17, 15) is 9.18 Å². The number of anilines is 1. The Morgan fingerprint density at radius 3 is 2.59 bits per heavy atom. The van der Waals surface area contributed by atoms with Gasteiger partial charge in [-0.15, -0.1) is 0 Å². The van der Waals surface area contributed by atoms with E-state index in [-0.39, 0.29) is 11.5 Å². The van der Waals surface area contributed by atoms with Crippen molar-refractivity contribution in [3.05, 3.63) is 77.0 Å². The molecule has 1 saturated heterocycles. The number of aryl methyl sites for hydroxylation is 3. The summed E-state index contributed by atoms with van der Waals surface area (Å²) in [5.41, 5.74) is 4.19. The molecule has 0 saturated carbocycles. The molecule has 1 fully saturated rings. The number of rotatable bonds is 3. The van der Waals surface area contributed by atoms with E-state index in [1.54, 1.807) is 23.1 Å². The highest BCUT2D eigenvalue weighted by molar-refractivity contribution is 5.94. The first-order valence-electron chi connectivity index (χ1n) is 11.5. The number of carbonyl (C=O) groups excluding carboxylic acids is 1. The molecule has 1 aliphatic heterocycles. The molecule has 0 atom stereocenters. The molecular formula is C26H27FN6O. The van der Waals surface area contributed by atoms with Gasteiger partial charge in [0.25, 0.3) is 5.91 Å². The minimum Gasteiger partial charge on any atom is -0.354 e. The van der Waals surface area contributed by atoms with Crippen molar-refractivity contribution in [1.29, 1.82) is 0 Å². The van der Waals surface area contributed by atoms with Crippen molar-refractivity contribution >= 4 is 22.8 Å². The van der Waals surface area contributed by atoms with Gasteiger partial charge in [0.15, 0.2) is 5.65 Å². The second-order valence-corrected chi connectivity index (χ2v) is 8.79. The van der Waals surface area contributed by atoms with Crippen molar-refractivity contribution in [2.24, 2.45) is 0 Å². The van der Waals surface area contributed by atoms with Crippen molar-refractivity contribution in [2.75, 3.05) is 31.1 Å². The van der Waals surface area contributed by atoms with Gasteiger partial charge in [0.1, 0.15) is 17.5 Å². The summed E-state index contributed by atoms with van der Waals surface area (Å²) in [6, 6.07) is 12.4. The third-order valence-corrected chi connectivity index (χ3v) is 6.29. The number of aromatic nitrogens is 4. The second kappa shape index (κ2) is 8.85. The summed E-state index contributed by atoms with van der Waals surface area (Å²) in [6.45, 7) is 8.42. The molecule has 0 spiro atoms. The van der Waals surface area contributed by atoms with Crippen LogP contribution in [0.5, 0.6) is 0 Å². The lowest BCUT2D eigenvalue weighted by atomic mass is 10.1. The largest absolute Gasteiger partial charge is 0.354 e. The maximum absolute atomic E-state index is 14.2. The van der Waals surface area contributed by atoms with Crippen LogP contribution in [0.2, 0.25) is 0 Å². The molecule has 0 unspecified atom stereocenters. The molecule has 5 rings (SSSR count). The SMILES string of the molecule is Cc1ccc(-n2ncc3c(N4CCCN(C(=O)c5ccccc5F)CC4)nc(C)nc32)c(C)c1. The maximum atomic E-state index is 14.2. The van der Waals surface area contributed by atoms with Crippen LogP contribution in [0.4, 0.5) is 10.2 Å². The minimum atomic E-state index is -0.486. The third kappa shape index (κ3) is 4.00. The lowest BCUT2D eigenvalue weighted by molar-refractivity contribution is 0.0762. The molecule has 0 radical (unpaired) electrons. The molecule has 2 aromatic carbocycles. The smallest absolute Gasteiger partial charge is 0.256 e. The number of benzene rings is 2. The highest BCUT2D eigenvalue weighted by Gasteiger charge is 2.25. The molecule has 0 N–H and O–H groups in total. The Kier molecular flexibility index (Phi) is 5.73. The van der Waals surface area contributed by atoms with E-state index < -0.39 is 5.82 Å². The second-order valence-electron chi connectivity index (χ2n) is 8.79. The highest BCUT2D eigenvalue weighted by atomic mass is 19.1. The van der Waals surface area contributed by atoms with Gasteiger partial charge >= 0.3 is 0 Å². The number of halogens is 1. The molecule has 1 aliphatic rings. The Hall–Kier alpha value is -3.81. The zero-order valence-electron chi connectivity index (χ0n) is 19.6. The number of carbonyl (C=O) groups is 1. The van der Waals surface area contributed by atoms with E-state index in [1.807, 2.05) is 17.8 Å². The summed E-state index contributed by atoms with van der Waals surface area (Å²) in [5, 5.41) is 5.52. The van der Waals surface area contributed by atoms with Crippen LogP contribution in [0.3, 0.4) is 0 Å². The van der Waals surface area contributed by atoms with Crippen LogP contribution in [0.25, 0.3) is 16.7 Å². The van der Waals surface area contributed by atoms with E-state index in [4.69, 9.17) is 9.97 Å². The zero-order valence-corrected chi connectivity index (χ0v) is 19.6. The molecule has 0 bridgehead atoms. The number of hydrogen-bond acceptors (Lipinski definition) is 5. The number of nitrogens with zero attached hydrogens (tertiary/aromatic N) is 6. The van der Waals surface area contributed by atoms with Gasteiger partial charge < -0.3 is 9.80 Å². The molecular weight excluding hydrogens is 431 g/mol. The summed E-state index contributed by atoms with van der Waals surface area (Å²) in [7, 11) is 0. The molecule has 3 heterocycles. The van der Waals surface area contributed by atoms with Crippen molar-refractivity contribution in [1.82, 2.24) is 24.6 Å². The van der Waals surface area contributed by atoms with Crippen LogP contribution >= 0.6 is 0 Å². The predicted octanol–water partition coefficient (Wildman–Crippen LogP) is 4.23. The Morgan fingerprint density at radius 2 is 1.79 bits per heavy atom. The number of hydrogen-bond donors (Lipinski definition) is 0. The van der Waals surface area contributed by atoms with Crippen molar-refractivity contribution in [2.45, 2.75) is 27.2 Å². The van der Waals surface area contributed by atoms with Crippen molar-refractivity contribution in [3.63, 3.8) is 0 Å². The number of fused-ring (bicyclic) bond motifs is 1. The van der Waals surface area contributed by atoms with Gasteiger partial charge in [0.05, 0.1) is 22.8 Å². The molecule has 8 heteroatoms. The van der Waals surface area contributed by atoms with Gasteiger partial charge in [-0.25, -0.2) is 19.0 Å². The van der Waals surface area contributed by atoms with E-state index >= 15 is 0 Å². The average Bonchev–Trinajstić information content (AvgIpc) is 3.07. The molecule has 174 valence electrons. The van der Waals surface area contributed by atoms with Gasteiger partial charge in [0, 0.05) is 26.2 Å². The molecule has 1 amide bonds. The van der Waals surface area contributed by atoms with Gasteiger partial charge in [-0.2, -0.15) is 5.10 Å². The fourth-order valence-electron chi connectivity index (χ4n) is 4.60. The van der Waals surface area contributed by atoms with Crippen LogP contribution in [0, 0.1) is 26.6 Å². The summed E-state index contributed by atoms with van der Waals surface area (Å²) in [5.74, 6) is 0.725. The van der Waals surface area contributed by atoms with Gasteiger partial charge in [0.2, 0.25) is 0 Å². The molecule has 2 aromatic heterocycles. The Balaban J connectivity index is 1.45. The van der Waals surface area contributed by atoms with E-state index in [0.29, 0.717) is 25.5 Å². The monoisotopic (exact) mass is 458 g/mol.